The molecule has 4 heteroatoms. The number of ether oxygens (including phenoxy) is 1. The number of hydrogen-bond donors (Lipinski definition) is 1. The van der Waals surface area contributed by atoms with Gasteiger partial charge in [-0.2, -0.15) is 0 Å². The average Bonchev–Trinajstić information content (AvgIpc) is 3.50. The molecule has 0 radical (unpaired) electrons. The highest BCUT2D eigenvalue weighted by Gasteiger charge is 2.35. The Labute approximate surface area is 186 Å². The standard InChI is InChI=1S/C27H25NO2S/c29-19-9-12-23-24(17-19)31-27-22-6-2-1-5-21(22)25(26(23)27)18-7-10-20(11-8-18)30-16-15-28-13-3-4-14-28/h1-2,5-12,17,24,29H,3-4,13-16H2. The second-order valence-electron chi connectivity index (χ2n) is 8.46. The molecule has 156 valence electrons. The van der Waals surface area contributed by atoms with Gasteiger partial charge in [-0.25, -0.2) is 0 Å². The van der Waals surface area contributed by atoms with Gasteiger partial charge in [-0.15, -0.1) is 11.8 Å². The van der Waals surface area contributed by atoms with Crippen LogP contribution in [0.1, 0.15) is 18.4 Å². The summed E-state index contributed by atoms with van der Waals surface area (Å²) in [7, 11) is 0. The lowest BCUT2D eigenvalue weighted by Crippen LogP contribution is -2.25. The number of allylic oxidation sites excluding steroid dienone is 2. The molecule has 4 aliphatic rings. The second-order valence-corrected chi connectivity index (χ2v) is 9.62. The number of thioether (sulfide) groups is 1. The number of fused-ring (bicyclic) bond motifs is 3. The van der Waals surface area contributed by atoms with Crippen molar-refractivity contribution in [2.75, 3.05) is 26.2 Å². The maximum atomic E-state index is 9.97. The highest BCUT2D eigenvalue weighted by Crippen LogP contribution is 2.50. The molecule has 1 unspecified atom stereocenters. The van der Waals surface area contributed by atoms with Crippen LogP contribution < -0.4 is 15.2 Å². The predicted molar refractivity (Wildman–Crippen MR) is 127 cm³/mol. The molecule has 2 aromatic rings. The van der Waals surface area contributed by atoms with Crippen molar-refractivity contribution < 1.29 is 9.84 Å². The Morgan fingerprint density at radius 2 is 1.71 bits per heavy atom. The highest BCUT2D eigenvalue weighted by molar-refractivity contribution is 8.09. The van der Waals surface area contributed by atoms with Crippen molar-refractivity contribution in [3.63, 3.8) is 0 Å². The highest BCUT2D eigenvalue weighted by atomic mass is 32.2. The third-order valence-corrected chi connectivity index (χ3v) is 7.84. The number of benzene rings is 2. The molecule has 31 heavy (non-hydrogen) atoms. The van der Waals surface area contributed by atoms with Crippen molar-refractivity contribution in [3.05, 3.63) is 99.7 Å². The molecule has 0 saturated carbocycles. The summed E-state index contributed by atoms with van der Waals surface area (Å²) in [6.45, 7) is 4.16. The average molecular weight is 428 g/mol. The van der Waals surface area contributed by atoms with Crippen LogP contribution in [0.15, 0.2) is 83.7 Å². The molecule has 0 amide bonds. The molecule has 1 saturated heterocycles. The Morgan fingerprint density at radius 3 is 2.52 bits per heavy atom. The molecule has 3 nitrogen and oxygen atoms in total. The molecule has 0 bridgehead atoms. The van der Waals surface area contributed by atoms with Gasteiger partial charge < -0.3 is 9.84 Å². The van der Waals surface area contributed by atoms with E-state index in [1.165, 1.54) is 63.6 Å². The Bertz CT molecular complexity index is 1250. The largest absolute Gasteiger partial charge is 0.508 e. The van der Waals surface area contributed by atoms with Crippen LogP contribution >= 0.6 is 11.8 Å². The number of aliphatic hydroxyl groups is 1. The maximum Gasteiger partial charge on any atom is 0.119 e. The summed E-state index contributed by atoms with van der Waals surface area (Å²) in [6, 6.07) is 17.2. The van der Waals surface area contributed by atoms with Crippen LogP contribution in [-0.2, 0) is 0 Å². The summed E-state index contributed by atoms with van der Waals surface area (Å²) >= 11 is 1.84. The van der Waals surface area contributed by atoms with E-state index < -0.39 is 0 Å². The Balaban J connectivity index is 1.33. The van der Waals surface area contributed by atoms with Gasteiger partial charge in [0.15, 0.2) is 0 Å². The summed E-state index contributed by atoms with van der Waals surface area (Å²) in [5.41, 5.74) is 5.11. The monoisotopic (exact) mass is 427 g/mol. The number of likely N-dealkylation sites (tertiary alicyclic amines) is 1. The first kappa shape index (κ1) is 19.0. The van der Waals surface area contributed by atoms with Gasteiger partial charge >= 0.3 is 0 Å². The van der Waals surface area contributed by atoms with Crippen LogP contribution in [0, 0.1) is 0 Å². The third-order valence-electron chi connectivity index (χ3n) is 6.53. The molecule has 1 fully saturated rings. The van der Waals surface area contributed by atoms with Crippen molar-refractivity contribution in [2.24, 2.45) is 0 Å². The number of hydrogen-bond acceptors (Lipinski definition) is 4. The molecular formula is C27H25NO2S. The van der Waals surface area contributed by atoms with E-state index in [2.05, 4.69) is 59.5 Å². The fraction of sp³-hybridized carbons (Fsp3) is 0.259. The zero-order chi connectivity index (χ0) is 20.8. The zero-order valence-electron chi connectivity index (χ0n) is 17.4. The lowest BCUT2D eigenvalue weighted by molar-refractivity contribution is 0.238. The van der Waals surface area contributed by atoms with Crippen molar-refractivity contribution in [3.8, 4) is 5.75 Å². The SMILES string of the molecule is OC1=CC2SC3=c4ccccc4=C(c4ccc(OCCN5CCCC5)cc4)C3=C2C=C1. The van der Waals surface area contributed by atoms with Gasteiger partial charge in [0.05, 0.1) is 5.25 Å². The van der Waals surface area contributed by atoms with Crippen LogP contribution in [0.4, 0.5) is 0 Å². The van der Waals surface area contributed by atoms with Gasteiger partial charge in [-0.1, -0.05) is 42.5 Å². The summed E-state index contributed by atoms with van der Waals surface area (Å²) in [4.78, 5) is 3.80. The predicted octanol–water partition coefficient (Wildman–Crippen LogP) is 3.91. The van der Waals surface area contributed by atoms with E-state index in [1.54, 1.807) is 6.08 Å². The van der Waals surface area contributed by atoms with Crippen LogP contribution in [0.3, 0.4) is 0 Å². The second kappa shape index (κ2) is 7.77. The quantitative estimate of drug-likeness (QED) is 0.784. The molecule has 2 heterocycles. The van der Waals surface area contributed by atoms with Crippen LogP contribution in [0.5, 0.6) is 5.75 Å². The first-order valence-electron chi connectivity index (χ1n) is 11.1. The summed E-state index contributed by atoms with van der Waals surface area (Å²) in [5.74, 6) is 1.29. The van der Waals surface area contributed by atoms with Crippen LogP contribution in [-0.4, -0.2) is 41.5 Å². The van der Waals surface area contributed by atoms with E-state index in [-0.39, 0.29) is 5.25 Å². The minimum absolute atomic E-state index is 0.187. The minimum atomic E-state index is 0.187. The lowest BCUT2D eigenvalue weighted by Gasteiger charge is -2.15. The van der Waals surface area contributed by atoms with Gasteiger partial charge in [0, 0.05) is 17.0 Å². The molecular weight excluding hydrogens is 402 g/mol. The van der Waals surface area contributed by atoms with Gasteiger partial charge in [-0.05, 0) is 77.4 Å². The fourth-order valence-electron chi connectivity index (χ4n) is 5.02. The van der Waals surface area contributed by atoms with Gasteiger partial charge in [0.25, 0.3) is 0 Å². The summed E-state index contributed by atoms with van der Waals surface area (Å²) in [5, 5.41) is 12.8. The van der Waals surface area contributed by atoms with Crippen LogP contribution in [0.2, 0.25) is 0 Å². The van der Waals surface area contributed by atoms with Gasteiger partial charge in [0.2, 0.25) is 0 Å². The molecule has 0 aromatic heterocycles. The summed E-state index contributed by atoms with van der Waals surface area (Å²) < 4.78 is 6.02. The maximum absolute atomic E-state index is 9.97. The summed E-state index contributed by atoms with van der Waals surface area (Å²) in [6.07, 6.45) is 8.47. The molecule has 2 aliphatic heterocycles. The first-order valence-corrected chi connectivity index (χ1v) is 12.0. The van der Waals surface area contributed by atoms with Crippen molar-refractivity contribution >= 4 is 22.2 Å². The number of rotatable bonds is 5. The van der Waals surface area contributed by atoms with E-state index in [9.17, 15) is 5.11 Å². The molecule has 6 rings (SSSR count). The van der Waals surface area contributed by atoms with E-state index in [1.807, 2.05) is 17.8 Å². The first-order chi connectivity index (χ1) is 15.3. The van der Waals surface area contributed by atoms with E-state index in [0.29, 0.717) is 5.76 Å². The third kappa shape index (κ3) is 3.35. The molecule has 2 aromatic carbocycles. The van der Waals surface area contributed by atoms with Gasteiger partial charge in [-0.3, -0.25) is 4.90 Å². The molecule has 2 aliphatic carbocycles. The topological polar surface area (TPSA) is 32.7 Å². The smallest absolute Gasteiger partial charge is 0.119 e. The fourth-order valence-corrected chi connectivity index (χ4v) is 6.44. The van der Waals surface area contributed by atoms with Crippen molar-refractivity contribution in [2.45, 2.75) is 18.1 Å². The van der Waals surface area contributed by atoms with Gasteiger partial charge in [0.1, 0.15) is 18.1 Å². The minimum Gasteiger partial charge on any atom is -0.508 e. The number of aliphatic hydroxyl groups excluding tert-OH is 1. The molecule has 0 spiro atoms. The number of nitrogens with zero attached hydrogens (tertiary/aromatic N) is 1. The normalized spacial score (nSPS) is 21.9. The lowest BCUT2D eigenvalue weighted by atomic mass is 9.92. The Morgan fingerprint density at radius 1 is 0.935 bits per heavy atom. The van der Waals surface area contributed by atoms with E-state index >= 15 is 0 Å². The Kier molecular flexibility index (Phi) is 4.77. The van der Waals surface area contributed by atoms with Crippen molar-refractivity contribution in [1.82, 2.24) is 4.90 Å². The van der Waals surface area contributed by atoms with E-state index in [0.717, 1.165) is 18.9 Å². The molecule has 1 N–H and O–H groups in total. The van der Waals surface area contributed by atoms with Crippen LogP contribution in [0.25, 0.3) is 10.5 Å². The zero-order valence-corrected chi connectivity index (χ0v) is 18.2. The Hall–Kier alpha value is -2.69. The van der Waals surface area contributed by atoms with E-state index in [4.69, 9.17) is 4.74 Å². The van der Waals surface area contributed by atoms with Crippen molar-refractivity contribution in [1.29, 1.82) is 0 Å². The molecule has 1 atom stereocenters.